The molecule has 3 heteroatoms. The van der Waals surface area contributed by atoms with E-state index >= 15 is 0 Å². The van der Waals surface area contributed by atoms with Gasteiger partial charge < -0.3 is 9.47 Å². The van der Waals surface area contributed by atoms with Crippen molar-refractivity contribution < 1.29 is 14.3 Å². The topological polar surface area (TPSA) is 35.5 Å². The molecule has 0 spiro atoms. The summed E-state index contributed by atoms with van der Waals surface area (Å²) in [6, 6.07) is 0. The zero-order chi connectivity index (χ0) is 5.70. The van der Waals surface area contributed by atoms with Crippen LogP contribution in [0.1, 0.15) is 6.92 Å². The van der Waals surface area contributed by atoms with Gasteiger partial charge in [-0.15, -0.1) is 0 Å². The molecule has 40 valence electrons. The standard InChI is InChI=1S/C4H6O3/c1-4(5)7-3-6-2/h1-2H3. The lowest BCUT2D eigenvalue weighted by molar-refractivity contribution is -0.142. The van der Waals surface area contributed by atoms with Gasteiger partial charge in [0.2, 0.25) is 0 Å². The molecule has 0 saturated carbocycles. The maximum atomic E-state index is 9.84. The molecule has 0 bridgehead atoms. The minimum Gasteiger partial charge on any atom is -0.419 e. The molecule has 7 heavy (non-hydrogen) atoms. The Balaban J connectivity index is 2.82. The van der Waals surface area contributed by atoms with Crippen LogP contribution < -0.4 is 0 Å². The van der Waals surface area contributed by atoms with Crippen LogP contribution in [0.4, 0.5) is 0 Å². The summed E-state index contributed by atoms with van der Waals surface area (Å²) in [5, 5.41) is 0. The van der Waals surface area contributed by atoms with Gasteiger partial charge >= 0.3 is 12.8 Å². The molecule has 0 atom stereocenters. The summed E-state index contributed by atoms with van der Waals surface area (Å²) in [5.74, 6) is -0.429. The number of carbonyl (C=O) groups is 1. The molecule has 3 nitrogen and oxygen atoms in total. The number of hydrogen-bond donors (Lipinski definition) is 0. The van der Waals surface area contributed by atoms with Crippen LogP contribution in [0.2, 0.25) is 0 Å². The van der Waals surface area contributed by atoms with Gasteiger partial charge in [0, 0.05) is 14.0 Å². The predicted octanol–water partition coefficient (Wildman–Crippen LogP) is 0.192. The lowest BCUT2D eigenvalue weighted by Gasteiger charge is -1.90. The number of methoxy groups -OCH3 is 1. The lowest BCUT2D eigenvalue weighted by Crippen LogP contribution is -1.95. The van der Waals surface area contributed by atoms with Crippen molar-refractivity contribution in [1.29, 1.82) is 0 Å². The Morgan fingerprint density at radius 3 is 2.43 bits per heavy atom. The molecule has 0 fully saturated rings. The highest BCUT2D eigenvalue weighted by atomic mass is 16.7. The van der Waals surface area contributed by atoms with Gasteiger partial charge in [0.05, 0.1) is 0 Å². The number of ether oxygens (including phenoxy) is 2. The number of rotatable bonds is 2. The molecule has 0 aromatic heterocycles. The SMILES string of the molecule is CO[C]OC(C)=O. The molecule has 0 amide bonds. The second kappa shape index (κ2) is 3.61. The van der Waals surface area contributed by atoms with Crippen molar-refractivity contribution in [3.63, 3.8) is 0 Å². The molecule has 0 heterocycles. The number of carbonyl (C=O) groups excluding carboxylic acids is 1. The molecule has 0 aromatic rings. The summed E-state index contributed by atoms with van der Waals surface area (Å²) in [4.78, 5) is 9.84. The van der Waals surface area contributed by atoms with Crippen molar-refractivity contribution in [3.8, 4) is 0 Å². The highest BCUT2D eigenvalue weighted by molar-refractivity contribution is 5.66. The van der Waals surface area contributed by atoms with Crippen LogP contribution in [0.5, 0.6) is 0 Å². The van der Waals surface area contributed by atoms with Crippen molar-refractivity contribution >= 4 is 5.97 Å². The highest BCUT2D eigenvalue weighted by Gasteiger charge is 1.89. The Bertz CT molecular complexity index is 60.0. The highest BCUT2D eigenvalue weighted by Crippen LogP contribution is 1.79. The van der Waals surface area contributed by atoms with E-state index in [2.05, 4.69) is 9.47 Å². The van der Waals surface area contributed by atoms with Crippen LogP contribution in [0.25, 0.3) is 0 Å². The van der Waals surface area contributed by atoms with Crippen LogP contribution in [-0.4, -0.2) is 13.1 Å². The molecular weight excluding hydrogens is 96.0 g/mol. The maximum absolute atomic E-state index is 9.84. The van der Waals surface area contributed by atoms with Gasteiger partial charge in [-0.25, -0.2) is 0 Å². The lowest BCUT2D eigenvalue weighted by atomic mass is 10.8. The summed E-state index contributed by atoms with van der Waals surface area (Å²) in [6.07, 6.45) is 0. The van der Waals surface area contributed by atoms with E-state index < -0.39 is 5.97 Å². The molecule has 0 aromatic carbocycles. The Kier molecular flexibility index (Phi) is 3.32. The monoisotopic (exact) mass is 102 g/mol. The van der Waals surface area contributed by atoms with Gasteiger partial charge in [0.25, 0.3) is 0 Å². The third kappa shape index (κ3) is 5.43. The fourth-order valence-electron chi connectivity index (χ4n) is 0.100. The first-order valence-corrected chi connectivity index (χ1v) is 1.72. The third-order valence-electron chi connectivity index (χ3n) is 0.269. The summed E-state index contributed by atoms with van der Waals surface area (Å²) in [6.45, 7) is 3.17. The number of hydrogen-bond acceptors (Lipinski definition) is 3. The van der Waals surface area contributed by atoms with Crippen LogP contribution in [0.15, 0.2) is 0 Å². The summed E-state index contributed by atoms with van der Waals surface area (Å²) in [5.41, 5.74) is 0. The molecule has 0 aliphatic heterocycles. The molecular formula is C4H6O3. The van der Waals surface area contributed by atoms with Crippen LogP contribution >= 0.6 is 0 Å². The second-order valence-corrected chi connectivity index (χ2v) is 0.881. The van der Waals surface area contributed by atoms with E-state index in [1.54, 1.807) is 0 Å². The average molecular weight is 102 g/mol. The van der Waals surface area contributed by atoms with E-state index in [9.17, 15) is 4.79 Å². The zero-order valence-corrected chi connectivity index (χ0v) is 4.22. The van der Waals surface area contributed by atoms with Crippen molar-refractivity contribution in [2.75, 3.05) is 7.11 Å². The van der Waals surface area contributed by atoms with Crippen LogP contribution in [-0.2, 0) is 14.3 Å². The molecule has 0 unspecified atom stereocenters. The first-order valence-electron chi connectivity index (χ1n) is 1.72. The van der Waals surface area contributed by atoms with E-state index in [1.807, 2.05) is 6.79 Å². The minimum absolute atomic E-state index is 0.429. The average Bonchev–Trinajstić information content (AvgIpc) is 1.61. The quantitative estimate of drug-likeness (QED) is 0.467. The first-order chi connectivity index (χ1) is 3.27. The van der Waals surface area contributed by atoms with E-state index in [0.29, 0.717) is 0 Å². The minimum atomic E-state index is -0.429. The fraction of sp³-hybridized carbons (Fsp3) is 0.500. The van der Waals surface area contributed by atoms with Gasteiger partial charge in [-0.05, 0) is 0 Å². The summed E-state index contributed by atoms with van der Waals surface area (Å²) < 4.78 is 8.24. The zero-order valence-electron chi connectivity index (χ0n) is 4.22. The fourth-order valence-corrected chi connectivity index (χ4v) is 0.100. The molecule has 0 aliphatic carbocycles. The molecule has 2 radical (unpaired) electrons. The Hall–Kier alpha value is -0.570. The normalized spacial score (nSPS) is 8.29. The predicted molar refractivity (Wildman–Crippen MR) is 22.0 cm³/mol. The maximum Gasteiger partial charge on any atom is 0.361 e. The summed E-state index contributed by atoms with van der Waals surface area (Å²) in [7, 11) is 1.35. The third-order valence-corrected chi connectivity index (χ3v) is 0.269. The van der Waals surface area contributed by atoms with Gasteiger partial charge in [-0.1, -0.05) is 0 Å². The van der Waals surface area contributed by atoms with Crippen LogP contribution in [0, 0.1) is 6.79 Å². The van der Waals surface area contributed by atoms with Crippen LogP contribution in [0.3, 0.4) is 0 Å². The Morgan fingerprint density at radius 2 is 2.29 bits per heavy atom. The van der Waals surface area contributed by atoms with Gasteiger partial charge in [0.15, 0.2) is 0 Å². The summed E-state index contributed by atoms with van der Waals surface area (Å²) >= 11 is 0. The van der Waals surface area contributed by atoms with Crippen molar-refractivity contribution in [2.24, 2.45) is 0 Å². The Labute approximate surface area is 42.2 Å². The van der Waals surface area contributed by atoms with E-state index in [4.69, 9.17) is 0 Å². The van der Waals surface area contributed by atoms with E-state index in [1.165, 1.54) is 14.0 Å². The van der Waals surface area contributed by atoms with Gasteiger partial charge in [-0.3, -0.25) is 4.79 Å². The number of esters is 1. The molecule has 0 rings (SSSR count). The first kappa shape index (κ1) is 6.43. The molecule has 0 saturated heterocycles. The van der Waals surface area contributed by atoms with Crippen molar-refractivity contribution in [2.45, 2.75) is 6.92 Å². The van der Waals surface area contributed by atoms with Crippen molar-refractivity contribution in [3.05, 3.63) is 6.79 Å². The second-order valence-electron chi connectivity index (χ2n) is 0.881. The van der Waals surface area contributed by atoms with E-state index in [0.717, 1.165) is 0 Å². The smallest absolute Gasteiger partial charge is 0.361 e. The van der Waals surface area contributed by atoms with Crippen molar-refractivity contribution in [1.82, 2.24) is 0 Å². The molecule has 0 N–H and O–H groups in total. The molecule has 0 aliphatic rings. The van der Waals surface area contributed by atoms with E-state index in [-0.39, 0.29) is 0 Å². The Morgan fingerprint density at radius 1 is 1.71 bits per heavy atom. The van der Waals surface area contributed by atoms with Gasteiger partial charge in [0.1, 0.15) is 0 Å². The largest absolute Gasteiger partial charge is 0.419 e. The van der Waals surface area contributed by atoms with Gasteiger partial charge in [-0.2, -0.15) is 0 Å².